The molecular formula is C11H18F2N2O2S2. The number of hydrogen-bond acceptors (Lipinski definition) is 4. The second kappa shape index (κ2) is 7.28. The summed E-state index contributed by atoms with van der Waals surface area (Å²) in [4.78, 5) is 0.773. The number of alkyl halides is 2. The van der Waals surface area contributed by atoms with Crippen molar-refractivity contribution in [3.63, 3.8) is 0 Å². The summed E-state index contributed by atoms with van der Waals surface area (Å²) in [5.74, 6) is 0. The maximum absolute atomic E-state index is 12.1. The molecule has 0 bridgehead atoms. The summed E-state index contributed by atoms with van der Waals surface area (Å²) in [5, 5.41) is 4.83. The summed E-state index contributed by atoms with van der Waals surface area (Å²) < 4.78 is 50.2. The van der Waals surface area contributed by atoms with Crippen LogP contribution in [-0.2, 0) is 16.6 Å². The highest BCUT2D eigenvalue weighted by Crippen LogP contribution is 2.26. The monoisotopic (exact) mass is 312 g/mol. The van der Waals surface area contributed by atoms with E-state index >= 15 is 0 Å². The number of halogens is 2. The molecule has 2 N–H and O–H groups in total. The Bertz CT molecular complexity index is 501. The van der Waals surface area contributed by atoms with Gasteiger partial charge in [0.25, 0.3) is 6.43 Å². The van der Waals surface area contributed by atoms with Gasteiger partial charge in [-0.05, 0) is 30.8 Å². The van der Waals surface area contributed by atoms with Crippen LogP contribution in [0.4, 0.5) is 8.78 Å². The normalized spacial score (nSPS) is 12.3. The van der Waals surface area contributed by atoms with E-state index in [-0.39, 0.29) is 4.90 Å². The molecule has 4 nitrogen and oxygen atoms in total. The van der Waals surface area contributed by atoms with Gasteiger partial charge in [-0.1, -0.05) is 6.92 Å². The first-order chi connectivity index (χ1) is 8.88. The molecule has 0 aliphatic rings. The molecule has 110 valence electrons. The van der Waals surface area contributed by atoms with Gasteiger partial charge in [-0.15, -0.1) is 11.3 Å². The smallest absolute Gasteiger partial charge is 0.251 e. The van der Waals surface area contributed by atoms with Gasteiger partial charge < -0.3 is 5.32 Å². The topological polar surface area (TPSA) is 58.2 Å². The number of thiophene rings is 1. The van der Waals surface area contributed by atoms with Gasteiger partial charge >= 0.3 is 0 Å². The first-order valence-electron chi connectivity index (χ1n) is 5.94. The fourth-order valence-corrected chi connectivity index (χ4v) is 4.38. The molecule has 0 atom stereocenters. The van der Waals surface area contributed by atoms with E-state index < -0.39 is 23.0 Å². The van der Waals surface area contributed by atoms with Crippen molar-refractivity contribution < 1.29 is 17.2 Å². The predicted octanol–water partition coefficient (Wildman–Crippen LogP) is 2.10. The zero-order valence-corrected chi connectivity index (χ0v) is 12.5. The zero-order valence-electron chi connectivity index (χ0n) is 10.9. The highest BCUT2D eigenvalue weighted by Gasteiger charge is 2.23. The van der Waals surface area contributed by atoms with Crippen molar-refractivity contribution in [2.24, 2.45) is 0 Å². The molecule has 0 radical (unpaired) electrons. The van der Waals surface area contributed by atoms with E-state index in [9.17, 15) is 17.2 Å². The Balaban J connectivity index is 2.88. The van der Waals surface area contributed by atoms with Crippen molar-refractivity contribution in [3.05, 3.63) is 15.8 Å². The number of rotatable bonds is 8. The van der Waals surface area contributed by atoms with Gasteiger partial charge in [0, 0.05) is 11.4 Å². The first-order valence-corrected chi connectivity index (χ1v) is 8.30. The Hall–Kier alpha value is -0.570. The molecule has 1 rings (SSSR count). The van der Waals surface area contributed by atoms with Gasteiger partial charge in [0.2, 0.25) is 10.0 Å². The van der Waals surface area contributed by atoms with Gasteiger partial charge in [-0.3, -0.25) is 0 Å². The minimum absolute atomic E-state index is 0.127. The average Bonchev–Trinajstić information content (AvgIpc) is 2.69. The number of nitrogens with one attached hydrogen (secondary N) is 2. The largest absolute Gasteiger partial charge is 0.312 e. The lowest BCUT2D eigenvalue weighted by atomic mass is 10.3. The van der Waals surface area contributed by atoms with Crippen molar-refractivity contribution in [2.75, 3.05) is 13.1 Å². The van der Waals surface area contributed by atoms with Gasteiger partial charge in [-0.25, -0.2) is 21.9 Å². The highest BCUT2D eigenvalue weighted by atomic mass is 32.2. The van der Waals surface area contributed by atoms with Crippen LogP contribution in [0, 0.1) is 6.92 Å². The Labute approximate surface area is 116 Å². The molecule has 1 heterocycles. The summed E-state index contributed by atoms with van der Waals surface area (Å²) >= 11 is 1.32. The summed E-state index contributed by atoms with van der Waals surface area (Å²) in [6.45, 7) is 4.02. The highest BCUT2D eigenvalue weighted by molar-refractivity contribution is 7.89. The van der Waals surface area contributed by atoms with Gasteiger partial charge in [0.1, 0.15) is 4.90 Å². The molecule has 8 heteroatoms. The summed E-state index contributed by atoms with van der Waals surface area (Å²) in [6.07, 6.45) is -1.76. The Kier molecular flexibility index (Phi) is 6.31. The molecule has 0 saturated heterocycles. The van der Waals surface area contributed by atoms with E-state index in [1.165, 1.54) is 11.3 Å². The Morgan fingerprint density at radius 2 is 2.11 bits per heavy atom. The van der Waals surface area contributed by atoms with Crippen LogP contribution in [0.15, 0.2) is 10.3 Å². The third-order valence-electron chi connectivity index (χ3n) is 2.40. The van der Waals surface area contributed by atoms with Crippen LogP contribution in [0.2, 0.25) is 0 Å². The van der Waals surface area contributed by atoms with E-state index in [1.807, 2.05) is 11.6 Å². The lowest BCUT2D eigenvalue weighted by Gasteiger charge is -2.09. The molecule has 19 heavy (non-hydrogen) atoms. The van der Waals surface area contributed by atoms with Crippen LogP contribution in [0.5, 0.6) is 0 Å². The lowest BCUT2D eigenvalue weighted by molar-refractivity contribution is 0.153. The van der Waals surface area contributed by atoms with E-state index in [2.05, 4.69) is 5.32 Å². The minimum atomic E-state index is -3.87. The summed E-state index contributed by atoms with van der Waals surface area (Å²) in [5.41, 5.74) is 0.583. The van der Waals surface area contributed by atoms with Gasteiger partial charge in [-0.2, -0.15) is 0 Å². The van der Waals surface area contributed by atoms with E-state index in [4.69, 9.17) is 0 Å². The van der Waals surface area contributed by atoms with Crippen LogP contribution in [0.25, 0.3) is 0 Å². The minimum Gasteiger partial charge on any atom is -0.312 e. The third-order valence-corrected chi connectivity index (χ3v) is 5.28. The maximum atomic E-state index is 12.1. The predicted molar refractivity (Wildman–Crippen MR) is 72.2 cm³/mol. The summed E-state index contributed by atoms with van der Waals surface area (Å²) in [6, 6.07) is 0. The molecule has 0 aliphatic heterocycles. The van der Waals surface area contributed by atoms with Crippen molar-refractivity contribution in [1.82, 2.24) is 10.0 Å². The van der Waals surface area contributed by atoms with E-state index in [0.29, 0.717) is 17.0 Å². The van der Waals surface area contributed by atoms with Crippen LogP contribution >= 0.6 is 11.3 Å². The Morgan fingerprint density at radius 3 is 2.68 bits per heavy atom. The molecule has 1 aromatic heterocycles. The fraction of sp³-hybridized carbons (Fsp3) is 0.636. The van der Waals surface area contributed by atoms with Crippen LogP contribution in [0.3, 0.4) is 0 Å². The second-order valence-electron chi connectivity index (χ2n) is 4.09. The second-order valence-corrected chi connectivity index (χ2v) is 6.76. The van der Waals surface area contributed by atoms with Crippen LogP contribution in [-0.4, -0.2) is 27.9 Å². The van der Waals surface area contributed by atoms with Crippen molar-refractivity contribution in [1.29, 1.82) is 0 Å². The fourth-order valence-electron chi connectivity index (χ4n) is 1.59. The molecular weight excluding hydrogens is 294 g/mol. The molecule has 0 fully saturated rings. The van der Waals surface area contributed by atoms with Crippen molar-refractivity contribution in [3.8, 4) is 0 Å². The molecule has 0 aliphatic carbocycles. The molecule has 0 saturated carbocycles. The van der Waals surface area contributed by atoms with Gasteiger partial charge in [0.05, 0.1) is 6.54 Å². The standard InChI is InChI=1S/C11H18F2N2O2S2/c1-3-4-14-5-9-11(8(2)7-18-9)19(16,17)15-6-10(12)13/h7,10,14-15H,3-6H2,1-2H3. The maximum Gasteiger partial charge on any atom is 0.251 e. The molecule has 1 aromatic rings. The van der Waals surface area contributed by atoms with Crippen molar-refractivity contribution >= 4 is 21.4 Å². The lowest BCUT2D eigenvalue weighted by Crippen LogP contribution is -2.30. The van der Waals surface area contributed by atoms with Gasteiger partial charge in [0.15, 0.2) is 0 Å². The SMILES string of the molecule is CCCNCc1scc(C)c1S(=O)(=O)NCC(F)F. The molecule has 0 amide bonds. The zero-order chi connectivity index (χ0) is 14.5. The number of sulfonamides is 1. The molecule has 0 unspecified atom stereocenters. The average molecular weight is 312 g/mol. The quantitative estimate of drug-likeness (QED) is 0.723. The van der Waals surface area contributed by atoms with Crippen LogP contribution < -0.4 is 10.0 Å². The Morgan fingerprint density at radius 1 is 1.42 bits per heavy atom. The number of aryl methyl sites for hydroxylation is 1. The number of hydrogen-bond donors (Lipinski definition) is 2. The molecule has 0 aromatic carbocycles. The van der Waals surface area contributed by atoms with E-state index in [1.54, 1.807) is 12.3 Å². The molecule has 0 spiro atoms. The first kappa shape index (κ1) is 16.5. The third kappa shape index (κ3) is 4.79. The van der Waals surface area contributed by atoms with Crippen molar-refractivity contribution in [2.45, 2.75) is 38.1 Å². The van der Waals surface area contributed by atoms with E-state index in [0.717, 1.165) is 13.0 Å². The summed E-state index contributed by atoms with van der Waals surface area (Å²) in [7, 11) is -3.87. The van der Waals surface area contributed by atoms with Crippen LogP contribution in [0.1, 0.15) is 23.8 Å².